The van der Waals surface area contributed by atoms with Crippen LogP contribution in [0.3, 0.4) is 0 Å². The number of carbonyl (C=O) groups is 1. The van der Waals surface area contributed by atoms with Crippen molar-refractivity contribution in [2.45, 2.75) is 19.8 Å². The first kappa shape index (κ1) is 11.6. The topological polar surface area (TPSA) is 35.5 Å². The summed E-state index contributed by atoms with van der Waals surface area (Å²) in [6, 6.07) is 5.87. The van der Waals surface area contributed by atoms with Crippen LogP contribution >= 0.6 is 0 Å². The summed E-state index contributed by atoms with van der Waals surface area (Å²) >= 11 is 0. The summed E-state index contributed by atoms with van der Waals surface area (Å²) in [4.78, 5) is 11.1. The van der Waals surface area contributed by atoms with Gasteiger partial charge in [0.2, 0.25) is 0 Å². The summed E-state index contributed by atoms with van der Waals surface area (Å²) in [5.74, 6) is 0.497. The van der Waals surface area contributed by atoms with Crippen LogP contribution in [0.2, 0.25) is 0 Å². The molecule has 0 spiro atoms. The molecular weight excluding hydrogens is 192 g/mol. The number of aryl methyl sites for hydroxylation is 1. The molecule has 1 rings (SSSR count). The molecule has 0 atom stereocenters. The van der Waals surface area contributed by atoms with Crippen LogP contribution in [0.25, 0.3) is 0 Å². The fourth-order valence-electron chi connectivity index (χ4n) is 1.38. The maximum atomic E-state index is 11.1. The van der Waals surface area contributed by atoms with Gasteiger partial charge in [-0.15, -0.1) is 0 Å². The van der Waals surface area contributed by atoms with Gasteiger partial charge in [0.05, 0.1) is 20.6 Å². The van der Waals surface area contributed by atoms with E-state index in [1.54, 1.807) is 7.11 Å². The number of esters is 1. The number of benzene rings is 1. The highest BCUT2D eigenvalue weighted by Gasteiger charge is 2.08. The van der Waals surface area contributed by atoms with Gasteiger partial charge >= 0.3 is 5.97 Å². The molecule has 3 heteroatoms. The standard InChI is InChI=1S/C12H16O3/c1-4-9-5-6-10(8-12(13)15-3)11(7-9)14-2/h5-7H,4,8H2,1-3H3. The van der Waals surface area contributed by atoms with Crippen molar-refractivity contribution in [2.24, 2.45) is 0 Å². The Morgan fingerprint density at radius 2 is 2.07 bits per heavy atom. The minimum atomic E-state index is -0.252. The van der Waals surface area contributed by atoms with E-state index in [4.69, 9.17) is 4.74 Å². The second kappa shape index (κ2) is 5.39. The Bertz CT molecular complexity index is 345. The van der Waals surface area contributed by atoms with Gasteiger partial charge in [0.25, 0.3) is 0 Å². The smallest absolute Gasteiger partial charge is 0.310 e. The van der Waals surface area contributed by atoms with Gasteiger partial charge in [0.15, 0.2) is 0 Å². The predicted molar refractivity (Wildman–Crippen MR) is 58.1 cm³/mol. The SMILES string of the molecule is CCc1ccc(CC(=O)OC)c(OC)c1. The van der Waals surface area contributed by atoms with E-state index in [0.717, 1.165) is 17.7 Å². The predicted octanol–water partition coefficient (Wildman–Crippen LogP) is 1.97. The Kier molecular flexibility index (Phi) is 4.16. The van der Waals surface area contributed by atoms with Crippen molar-refractivity contribution >= 4 is 5.97 Å². The van der Waals surface area contributed by atoms with E-state index in [0.29, 0.717) is 0 Å². The number of hydrogen-bond acceptors (Lipinski definition) is 3. The van der Waals surface area contributed by atoms with Crippen LogP contribution in [0.5, 0.6) is 5.75 Å². The molecule has 0 N–H and O–H groups in total. The minimum absolute atomic E-state index is 0.252. The molecule has 0 heterocycles. The molecule has 1 aromatic carbocycles. The maximum absolute atomic E-state index is 11.1. The molecule has 0 fully saturated rings. The Morgan fingerprint density at radius 1 is 1.33 bits per heavy atom. The van der Waals surface area contributed by atoms with Crippen LogP contribution in [-0.2, 0) is 22.4 Å². The molecule has 0 saturated heterocycles. The first-order valence-corrected chi connectivity index (χ1v) is 4.93. The lowest BCUT2D eigenvalue weighted by Gasteiger charge is -2.09. The fourth-order valence-corrected chi connectivity index (χ4v) is 1.38. The lowest BCUT2D eigenvalue weighted by atomic mass is 10.1. The van der Waals surface area contributed by atoms with E-state index >= 15 is 0 Å². The number of methoxy groups -OCH3 is 2. The third-order valence-corrected chi connectivity index (χ3v) is 2.32. The highest BCUT2D eigenvalue weighted by atomic mass is 16.5. The summed E-state index contributed by atoms with van der Waals surface area (Å²) in [5, 5.41) is 0. The Labute approximate surface area is 90.0 Å². The van der Waals surface area contributed by atoms with Crippen molar-refractivity contribution < 1.29 is 14.3 Å². The first-order chi connectivity index (χ1) is 7.21. The molecule has 0 bridgehead atoms. The van der Waals surface area contributed by atoms with E-state index in [-0.39, 0.29) is 12.4 Å². The quantitative estimate of drug-likeness (QED) is 0.710. The molecule has 0 aliphatic carbocycles. The summed E-state index contributed by atoms with van der Waals surface area (Å²) in [7, 11) is 2.99. The minimum Gasteiger partial charge on any atom is -0.496 e. The lowest BCUT2D eigenvalue weighted by molar-refractivity contribution is -0.139. The van der Waals surface area contributed by atoms with Crippen LogP contribution in [0.15, 0.2) is 18.2 Å². The molecule has 0 radical (unpaired) electrons. The van der Waals surface area contributed by atoms with Gasteiger partial charge in [0.1, 0.15) is 5.75 Å². The van der Waals surface area contributed by atoms with Gasteiger partial charge in [-0.2, -0.15) is 0 Å². The van der Waals surface area contributed by atoms with Gasteiger partial charge in [0, 0.05) is 5.56 Å². The van der Waals surface area contributed by atoms with Gasteiger partial charge in [-0.3, -0.25) is 4.79 Å². The lowest BCUT2D eigenvalue weighted by Crippen LogP contribution is -2.06. The molecule has 3 nitrogen and oxygen atoms in total. The van der Waals surface area contributed by atoms with E-state index in [1.807, 2.05) is 18.2 Å². The Morgan fingerprint density at radius 3 is 2.60 bits per heavy atom. The zero-order valence-corrected chi connectivity index (χ0v) is 9.37. The van der Waals surface area contributed by atoms with Crippen LogP contribution in [0.1, 0.15) is 18.1 Å². The zero-order chi connectivity index (χ0) is 11.3. The van der Waals surface area contributed by atoms with E-state index in [1.165, 1.54) is 12.7 Å². The Balaban J connectivity index is 2.92. The fraction of sp³-hybridized carbons (Fsp3) is 0.417. The van der Waals surface area contributed by atoms with Crippen LogP contribution in [-0.4, -0.2) is 20.2 Å². The number of carbonyl (C=O) groups excluding carboxylic acids is 1. The molecule has 0 aliphatic heterocycles. The van der Waals surface area contributed by atoms with Crippen LogP contribution in [0, 0.1) is 0 Å². The average Bonchev–Trinajstić information content (AvgIpc) is 2.29. The van der Waals surface area contributed by atoms with E-state index in [9.17, 15) is 4.79 Å². The van der Waals surface area contributed by atoms with Gasteiger partial charge < -0.3 is 9.47 Å². The summed E-state index contributed by atoms with van der Waals surface area (Å²) in [5.41, 5.74) is 2.06. The van der Waals surface area contributed by atoms with Crippen LogP contribution in [0.4, 0.5) is 0 Å². The molecular formula is C12H16O3. The largest absolute Gasteiger partial charge is 0.496 e. The molecule has 15 heavy (non-hydrogen) atoms. The number of hydrogen-bond donors (Lipinski definition) is 0. The molecule has 0 aromatic heterocycles. The highest BCUT2D eigenvalue weighted by Crippen LogP contribution is 2.21. The van der Waals surface area contributed by atoms with E-state index < -0.39 is 0 Å². The van der Waals surface area contributed by atoms with Gasteiger partial charge in [-0.25, -0.2) is 0 Å². The van der Waals surface area contributed by atoms with Crippen molar-refractivity contribution in [1.82, 2.24) is 0 Å². The highest BCUT2D eigenvalue weighted by molar-refractivity contribution is 5.73. The van der Waals surface area contributed by atoms with Crippen molar-refractivity contribution in [1.29, 1.82) is 0 Å². The third-order valence-electron chi connectivity index (χ3n) is 2.32. The first-order valence-electron chi connectivity index (χ1n) is 4.93. The molecule has 82 valence electrons. The summed E-state index contributed by atoms with van der Waals surface area (Å²) in [6.45, 7) is 2.08. The average molecular weight is 208 g/mol. The Hall–Kier alpha value is -1.51. The number of rotatable bonds is 4. The van der Waals surface area contributed by atoms with Crippen molar-refractivity contribution in [3.8, 4) is 5.75 Å². The van der Waals surface area contributed by atoms with Crippen molar-refractivity contribution in [3.05, 3.63) is 29.3 Å². The summed E-state index contributed by atoms with van der Waals surface area (Å²) in [6.07, 6.45) is 1.21. The summed E-state index contributed by atoms with van der Waals surface area (Å²) < 4.78 is 9.84. The van der Waals surface area contributed by atoms with Gasteiger partial charge in [-0.1, -0.05) is 19.1 Å². The van der Waals surface area contributed by atoms with Crippen molar-refractivity contribution in [3.63, 3.8) is 0 Å². The zero-order valence-electron chi connectivity index (χ0n) is 9.37. The third kappa shape index (κ3) is 2.98. The van der Waals surface area contributed by atoms with E-state index in [2.05, 4.69) is 11.7 Å². The normalized spacial score (nSPS) is 9.80. The molecule has 0 saturated carbocycles. The monoisotopic (exact) mass is 208 g/mol. The molecule has 0 amide bonds. The number of ether oxygens (including phenoxy) is 2. The second-order valence-corrected chi connectivity index (χ2v) is 3.25. The maximum Gasteiger partial charge on any atom is 0.310 e. The van der Waals surface area contributed by atoms with Crippen molar-refractivity contribution in [2.75, 3.05) is 14.2 Å². The molecule has 0 aliphatic rings. The van der Waals surface area contributed by atoms with Crippen LogP contribution < -0.4 is 4.74 Å². The molecule has 1 aromatic rings. The van der Waals surface area contributed by atoms with Gasteiger partial charge in [-0.05, 0) is 18.1 Å². The molecule has 0 unspecified atom stereocenters. The second-order valence-electron chi connectivity index (χ2n) is 3.25.